The molecule has 2 aromatic carbocycles. The molecular weight excluding hydrogens is 244 g/mol. The second kappa shape index (κ2) is 4.74. The lowest BCUT2D eigenvalue weighted by molar-refractivity contribution is 0.420. The van der Waals surface area contributed by atoms with E-state index in [1.807, 2.05) is 19.2 Å². The molecule has 2 aromatic rings. The SMILES string of the molecule is CNC(c1ccc(F)cc1F)C1Cc2ccccc21. The zero-order chi connectivity index (χ0) is 13.4. The van der Waals surface area contributed by atoms with Gasteiger partial charge in [0.15, 0.2) is 0 Å². The van der Waals surface area contributed by atoms with Gasteiger partial charge in [-0.05, 0) is 30.7 Å². The van der Waals surface area contributed by atoms with Crippen molar-refractivity contribution in [3.8, 4) is 0 Å². The van der Waals surface area contributed by atoms with Gasteiger partial charge >= 0.3 is 0 Å². The minimum atomic E-state index is -0.537. The normalized spacial score (nSPS) is 18.6. The number of fused-ring (bicyclic) bond motifs is 1. The first-order valence-electron chi connectivity index (χ1n) is 6.40. The number of halogens is 2. The second-order valence-corrected chi connectivity index (χ2v) is 4.94. The molecule has 1 N–H and O–H groups in total. The van der Waals surface area contributed by atoms with E-state index in [0.717, 1.165) is 12.5 Å². The Morgan fingerprint density at radius 2 is 1.95 bits per heavy atom. The lowest BCUT2D eigenvalue weighted by Gasteiger charge is -2.36. The van der Waals surface area contributed by atoms with Crippen LogP contribution in [0.15, 0.2) is 42.5 Å². The van der Waals surface area contributed by atoms with E-state index >= 15 is 0 Å². The molecule has 0 amide bonds. The zero-order valence-electron chi connectivity index (χ0n) is 10.7. The Morgan fingerprint density at radius 1 is 1.16 bits per heavy atom. The molecule has 0 bridgehead atoms. The van der Waals surface area contributed by atoms with E-state index in [4.69, 9.17) is 0 Å². The molecule has 0 aromatic heterocycles. The Morgan fingerprint density at radius 3 is 2.63 bits per heavy atom. The summed E-state index contributed by atoms with van der Waals surface area (Å²) in [5, 5.41) is 3.16. The second-order valence-electron chi connectivity index (χ2n) is 4.94. The maximum Gasteiger partial charge on any atom is 0.130 e. The molecule has 1 nitrogen and oxygen atoms in total. The van der Waals surface area contributed by atoms with Gasteiger partial charge in [-0.25, -0.2) is 8.78 Å². The fourth-order valence-corrected chi connectivity index (χ4v) is 2.92. The average Bonchev–Trinajstić information content (AvgIpc) is 2.37. The standard InChI is InChI=1S/C16H15F2N/c1-19-16(13-7-6-11(17)9-15(13)18)14-8-10-4-2-3-5-12(10)14/h2-7,9,14,16,19H,8H2,1H3. The van der Waals surface area contributed by atoms with E-state index in [1.165, 1.54) is 23.3 Å². The van der Waals surface area contributed by atoms with Crippen molar-refractivity contribution in [2.45, 2.75) is 18.4 Å². The summed E-state index contributed by atoms with van der Waals surface area (Å²) in [4.78, 5) is 0. The van der Waals surface area contributed by atoms with Crippen LogP contribution >= 0.6 is 0 Å². The van der Waals surface area contributed by atoms with Gasteiger partial charge in [0.05, 0.1) is 0 Å². The van der Waals surface area contributed by atoms with Crippen LogP contribution < -0.4 is 5.32 Å². The summed E-state index contributed by atoms with van der Waals surface area (Å²) in [6.07, 6.45) is 0.929. The van der Waals surface area contributed by atoms with Crippen LogP contribution in [0.5, 0.6) is 0 Å². The largest absolute Gasteiger partial charge is 0.312 e. The molecule has 0 radical (unpaired) electrons. The molecule has 3 heteroatoms. The minimum Gasteiger partial charge on any atom is -0.312 e. The van der Waals surface area contributed by atoms with Gasteiger partial charge in [-0.3, -0.25) is 0 Å². The van der Waals surface area contributed by atoms with Crippen LogP contribution in [0.4, 0.5) is 8.78 Å². The predicted octanol–water partition coefficient (Wildman–Crippen LogP) is 3.57. The number of hydrogen-bond acceptors (Lipinski definition) is 1. The highest BCUT2D eigenvalue weighted by Crippen LogP contribution is 2.43. The lowest BCUT2D eigenvalue weighted by Crippen LogP contribution is -2.32. The van der Waals surface area contributed by atoms with Crippen molar-refractivity contribution >= 4 is 0 Å². The van der Waals surface area contributed by atoms with Crippen molar-refractivity contribution < 1.29 is 8.78 Å². The lowest BCUT2D eigenvalue weighted by atomic mass is 9.71. The van der Waals surface area contributed by atoms with Gasteiger partial charge in [-0.1, -0.05) is 30.3 Å². The van der Waals surface area contributed by atoms with Gasteiger partial charge in [0.25, 0.3) is 0 Å². The van der Waals surface area contributed by atoms with Crippen LogP contribution in [0.25, 0.3) is 0 Å². The first kappa shape index (κ1) is 12.3. The first-order valence-corrected chi connectivity index (χ1v) is 6.40. The summed E-state index contributed by atoms with van der Waals surface area (Å²) in [5.74, 6) is -0.769. The first-order chi connectivity index (χ1) is 9.20. The quantitative estimate of drug-likeness (QED) is 0.888. The molecule has 3 rings (SSSR count). The van der Waals surface area contributed by atoms with E-state index in [2.05, 4.69) is 17.4 Å². The molecule has 0 saturated carbocycles. The van der Waals surface area contributed by atoms with Gasteiger partial charge in [-0.2, -0.15) is 0 Å². The maximum absolute atomic E-state index is 13.9. The topological polar surface area (TPSA) is 12.0 Å². The van der Waals surface area contributed by atoms with Gasteiger partial charge in [-0.15, -0.1) is 0 Å². The van der Waals surface area contributed by atoms with Gasteiger partial charge in [0.2, 0.25) is 0 Å². The molecule has 0 fully saturated rings. The van der Waals surface area contributed by atoms with Gasteiger partial charge in [0, 0.05) is 23.6 Å². The van der Waals surface area contributed by atoms with Crippen LogP contribution in [0, 0.1) is 11.6 Å². The molecule has 0 aliphatic heterocycles. The highest BCUT2D eigenvalue weighted by atomic mass is 19.1. The summed E-state index contributed by atoms with van der Waals surface area (Å²) in [7, 11) is 1.81. The minimum absolute atomic E-state index is 0.115. The summed E-state index contributed by atoms with van der Waals surface area (Å²) >= 11 is 0. The zero-order valence-corrected chi connectivity index (χ0v) is 10.7. The Bertz CT molecular complexity index is 609. The van der Waals surface area contributed by atoms with E-state index in [1.54, 1.807) is 0 Å². The third-order valence-electron chi connectivity index (χ3n) is 3.91. The summed E-state index contributed by atoms with van der Waals surface area (Å²) in [6.45, 7) is 0. The van der Waals surface area contributed by atoms with Crippen molar-refractivity contribution in [3.05, 3.63) is 70.8 Å². The fraction of sp³-hybridized carbons (Fsp3) is 0.250. The monoisotopic (exact) mass is 259 g/mol. The molecule has 0 spiro atoms. The van der Waals surface area contributed by atoms with Crippen molar-refractivity contribution in [1.82, 2.24) is 5.32 Å². The molecule has 19 heavy (non-hydrogen) atoms. The Kier molecular flexibility index (Phi) is 3.07. The van der Waals surface area contributed by atoms with Crippen molar-refractivity contribution in [1.29, 1.82) is 0 Å². The molecule has 0 heterocycles. The van der Waals surface area contributed by atoms with Crippen LogP contribution in [0.1, 0.15) is 28.7 Å². The van der Waals surface area contributed by atoms with Crippen molar-refractivity contribution in [2.75, 3.05) is 7.05 Å². The van der Waals surface area contributed by atoms with Crippen LogP contribution in [-0.2, 0) is 6.42 Å². The van der Waals surface area contributed by atoms with E-state index in [0.29, 0.717) is 5.56 Å². The number of hydrogen-bond donors (Lipinski definition) is 1. The molecule has 98 valence electrons. The maximum atomic E-state index is 13.9. The molecule has 0 saturated heterocycles. The predicted molar refractivity (Wildman–Crippen MR) is 71.0 cm³/mol. The Labute approximate surface area is 111 Å². The number of likely N-dealkylation sites (N-methyl/N-ethyl adjacent to an activating group) is 1. The number of nitrogens with one attached hydrogen (secondary N) is 1. The highest BCUT2D eigenvalue weighted by Gasteiger charge is 2.33. The van der Waals surface area contributed by atoms with Crippen LogP contribution in [0.3, 0.4) is 0 Å². The van der Waals surface area contributed by atoms with Crippen LogP contribution in [0.2, 0.25) is 0 Å². The van der Waals surface area contributed by atoms with Crippen molar-refractivity contribution in [3.63, 3.8) is 0 Å². The van der Waals surface area contributed by atoms with Gasteiger partial charge < -0.3 is 5.32 Å². The van der Waals surface area contributed by atoms with E-state index < -0.39 is 11.6 Å². The third kappa shape index (κ3) is 2.04. The molecule has 1 aliphatic rings. The number of benzene rings is 2. The number of rotatable bonds is 3. The summed E-state index contributed by atoms with van der Waals surface area (Å²) in [6, 6.07) is 11.9. The smallest absolute Gasteiger partial charge is 0.130 e. The van der Waals surface area contributed by atoms with E-state index in [-0.39, 0.29) is 12.0 Å². The Balaban J connectivity index is 1.95. The summed E-state index contributed by atoms with van der Waals surface area (Å²) < 4.78 is 26.9. The van der Waals surface area contributed by atoms with Crippen LogP contribution in [-0.4, -0.2) is 7.05 Å². The highest BCUT2D eigenvalue weighted by molar-refractivity contribution is 5.43. The molecular formula is C16H15F2N. The molecule has 1 aliphatic carbocycles. The van der Waals surface area contributed by atoms with Crippen molar-refractivity contribution in [2.24, 2.45) is 0 Å². The molecule has 2 unspecified atom stereocenters. The fourth-order valence-electron chi connectivity index (χ4n) is 2.92. The average molecular weight is 259 g/mol. The van der Waals surface area contributed by atoms with E-state index in [9.17, 15) is 8.78 Å². The third-order valence-corrected chi connectivity index (χ3v) is 3.91. The Hall–Kier alpha value is -1.74. The summed E-state index contributed by atoms with van der Waals surface area (Å²) in [5.41, 5.74) is 3.10. The van der Waals surface area contributed by atoms with Gasteiger partial charge in [0.1, 0.15) is 11.6 Å². The molecule has 2 atom stereocenters.